The van der Waals surface area contributed by atoms with Gasteiger partial charge in [-0.25, -0.2) is 0 Å². The molecule has 0 heterocycles. The Hall–Kier alpha value is 0.486. The number of carbonyl (C=O) groups excluding carboxylic acids is 2. The number of hydrogen-bond acceptors (Lipinski definition) is 6. The van der Waals surface area contributed by atoms with E-state index in [1.165, 1.54) is 0 Å². The molecule has 166 valence electrons. The van der Waals surface area contributed by atoms with E-state index in [0.29, 0.717) is 12.8 Å². The van der Waals surface area contributed by atoms with Crippen LogP contribution in [0.1, 0.15) is 91.9 Å². The van der Waals surface area contributed by atoms with Crippen molar-refractivity contribution in [2.75, 3.05) is 6.61 Å². The topological polar surface area (TPSA) is 121 Å². The molecular formula is C20H37KO7S. The van der Waals surface area contributed by atoms with Crippen molar-refractivity contribution in [1.29, 1.82) is 0 Å². The van der Waals surface area contributed by atoms with Gasteiger partial charge in [-0.1, -0.05) is 72.6 Å². The summed E-state index contributed by atoms with van der Waals surface area (Å²) in [6, 6.07) is 0. The van der Waals surface area contributed by atoms with Crippen LogP contribution in [0.5, 0.6) is 0 Å². The fraction of sp³-hybridized carbons (Fsp3) is 0.900. The molecule has 0 amide bonds. The van der Waals surface area contributed by atoms with E-state index in [1.54, 1.807) is 0 Å². The summed E-state index contributed by atoms with van der Waals surface area (Å²) >= 11 is 0. The van der Waals surface area contributed by atoms with Gasteiger partial charge in [0.05, 0.1) is 6.61 Å². The number of ether oxygens (including phenoxy) is 1. The second-order valence-corrected chi connectivity index (χ2v) is 9.39. The number of esters is 1. The minimum atomic E-state index is -5.02. The average Bonchev–Trinajstić information content (AvgIpc) is 2.62. The van der Waals surface area contributed by atoms with Gasteiger partial charge in [0, 0.05) is 12.4 Å². The maximum atomic E-state index is 12.8. The van der Waals surface area contributed by atoms with Crippen LogP contribution in [0.15, 0.2) is 0 Å². The van der Waals surface area contributed by atoms with Gasteiger partial charge in [0.15, 0.2) is 4.75 Å². The van der Waals surface area contributed by atoms with Crippen LogP contribution in [-0.2, 0) is 24.4 Å². The molecule has 0 saturated heterocycles. The van der Waals surface area contributed by atoms with Gasteiger partial charge in [0.2, 0.25) is 0 Å². The molecule has 0 bridgehead atoms. The molecule has 7 nitrogen and oxygen atoms in total. The summed E-state index contributed by atoms with van der Waals surface area (Å²) in [4.78, 5) is 24.1. The second-order valence-electron chi connectivity index (χ2n) is 7.65. The third kappa shape index (κ3) is 11.1. The normalized spacial score (nSPS) is 15.6. The van der Waals surface area contributed by atoms with E-state index in [0.717, 1.165) is 38.5 Å². The standard InChI is InChI=1S/C20H38O7S.K/c1-5-9-11-16(7-3)13-20(14-18(21)22,28(24,25)26)19(23)27-15-17(8-4)12-10-6-2;/h16-17H,5-15H2,1-4H3,(H,21,22)(H,24,25,26);/q;+1/p-1. The summed E-state index contributed by atoms with van der Waals surface area (Å²) in [6.07, 6.45) is 5.01. The van der Waals surface area contributed by atoms with Crippen LogP contribution in [0.3, 0.4) is 0 Å². The minimum absolute atomic E-state index is 0. The SMILES string of the molecule is CCCCC(CC)COC(=O)C(CC(=O)[O-])(CC(CC)CCCC)S(=O)(=O)O.[K+]. The largest absolute Gasteiger partial charge is 1.00 e. The molecule has 0 radical (unpaired) electrons. The van der Waals surface area contributed by atoms with Crippen molar-refractivity contribution < 1.29 is 83.8 Å². The van der Waals surface area contributed by atoms with E-state index >= 15 is 0 Å². The average molecular weight is 461 g/mol. The maximum Gasteiger partial charge on any atom is 1.00 e. The fourth-order valence-corrected chi connectivity index (χ4v) is 4.41. The van der Waals surface area contributed by atoms with Crippen molar-refractivity contribution in [3.8, 4) is 0 Å². The van der Waals surface area contributed by atoms with Crippen LogP contribution in [-0.4, -0.2) is 36.3 Å². The van der Waals surface area contributed by atoms with E-state index in [1.807, 2.05) is 27.7 Å². The molecule has 0 spiro atoms. The van der Waals surface area contributed by atoms with Gasteiger partial charge < -0.3 is 14.6 Å². The monoisotopic (exact) mass is 460 g/mol. The number of rotatable bonds is 16. The Labute approximate surface area is 218 Å². The fourth-order valence-electron chi connectivity index (χ4n) is 3.40. The van der Waals surface area contributed by atoms with E-state index in [-0.39, 0.29) is 76.2 Å². The molecule has 29 heavy (non-hydrogen) atoms. The van der Waals surface area contributed by atoms with Crippen LogP contribution < -0.4 is 56.5 Å². The molecule has 0 saturated carbocycles. The molecule has 0 fully saturated rings. The molecule has 3 unspecified atom stereocenters. The third-order valence-electron chi connectivity index (χ3n) is 5.45. The first-order valence-corrected chi connectivity index (χ1v) is 11.9. The molecule has 1 N–H and O–H groups in total. The summed E-state index contributed by atoms with van der Waals surface area (Å²) in [7, 11) is -5.02. The maximum absolute atomic E-state index is 12.8. The molecule has 0 aliphatic rings. The quantitative estimate of drug-likeness (QED) is 0.197. The van der Waals surface area contributed by atoms with Gasteiger partial charge in [-0.15, -0.1) is 0 Å². The van der Waals surface area contributed by atoms with Gasteiger partial charge in [-0.3, -0.25) is 9.35 Å². The Morgan fingerprint density at radius 1 is 1.00 bits per heavy atom. The van der Waals surface area contributed by atoms with Crippen molar-refractivity contribution in [3.63, 3.8) is 0 Å². The first-order valence-electron chi connectivity index (χ1n) is 10.4. The van der Waals surface area contributed by atoms with Crippen LogP contribution >= 0.6 is 0 Å². The molecule has 0 aromatic rings. The van der Waals surface area contributed by atoms with Gasteiger partial charge in [0.25, 0.3) is 10.1 Å². The Balaban J connectivity index is 0. The van der Waals surface area contributed by atoms with Crippen LogP contribution in [0.25, 0.3) is 0 Å². The van der Waals surface area contributed by atoms with Crippen molar-refractivity contribution >= 4 is 22.1 Å². The minimum Gasteiger partial charge on any atom is -0.550 e. The number of carbonyl (C=O) groups is 2. The molecule has 0 aromatic heterocycles. The van der Waals surface area contributed by atoms with Crippen molar-refractivity contribution in [1.82, 2.24) is 0 Å². The Morgan fingerprint density at radius 2 is 1.48 bits per heavy atom. The third-order valence-corrected chi connectivity index (χ3v) is 6.92. The van der Waals surface area contributed by atoms with Crippen molar-refractivity contribution in [2.45, 2.75) is 96.7 Å². The molecule has 0 rings (SSSR count). The first kappa shape index (κ1) is 31.7. The zero-order chi connectivity index (χ0) is 21.8. The molecule has 9 heteroatoms. The van der Waals surface area contributed by atoms with E-state index in [2.05, 4.69) is 0 Å². The van der Waals surface area contributed by atoms with Crippen molar-refractivity contribution in [3.05, 3.63) is 0 Å². The summed E-state index contributed by atoms with van der Waals surface area (Å²) < 4.78 is 37.0. The summed E-state index contributed by atoms with van der Waals surface area (Å²) in [5.74, 6) is -3.06. The summed E-state index contributed by atoms with van der Waals surface area (Å²) in [6.45, 7) is 7.83. The van der Waals surface area contributed by atoms with E-state index in [9.17, 15) is 27.7 Å². The number of aliphatic carboxylic acids is 1. The van der Waals surface area contributed by atoms with Gasteiger partial charge >= 0.3 is 57.4 Å². The predicted octanol–water partition coefficient (Wildman–Crippen LogP) is 0.123. The zero-order valence-corrected chi connectivity index (χ0v) is 22.7. The van der Waals surface area contributed by atoms with Crippen LogP contribution in [0, 0.1) is 11.8 Å². The van der Waals surface area contributed by atoms with E-state index < -0.39 is 33.2 Å². The molecule has 0 aliphatic carbocycles. The number of unbranched alkanes of at least 4 members (excludes halogenated alkanes) is 2. The number of carboxylic acids is 1. The predicted molar refractivity (Wildman–Crippen MR) is 106 cm³/mol. The molecular weight excluding hydrogens is 423 g/mol. The smallest absolute Gasteiger partial charge is 0.550 e. The van der Waals surface area contributed by atoms with Gasteiger partial charge in [0.1, 0.15) is 0 Å². The Bertz CT molecular complexity index is 579. The molecule has 0 aromatic carbocycles. The van der Waals surface area contributed by atoms with Crippen LogP contribution in [0.2, 0.25) is 0 Å². The Kier molecular flexibility index (Phi) is 17.7. The van der Waals surface area contributed by atoms with Gasteiger partial charge in [-0.2, -0.15) is 8.42 Å². The Morgan fingerprint density at radius 3 is 1.86 bits per heavy atom. The number of hydrogen-bond donors (Lipinski definition) is 1. The molecule has 3 atom stereocenters. The van der Waals surface area contributed by atoms with Gasteiger partial charge in [-0.05, 0) is 24.7 Å². The first-order chi connectivity index (χ1) is 13.1. The summed E-state index contributed by atoms with van der Waals surface area (Å²) in [5.41, 5.74) is 0. The van der Waals surface area contributed by atoms with Crippen LogP contribution in [0.4, 0.5) is 0 Å². The second kappa shape index (κ2) is 16.2. The summed E-state index contributed by atoms with van der Waals surface area (Å²) in [5, 5.41) is 11.3. The number of carboxylic acid groups (broad SMARTS) is 1. The molecule has 0 aliphatic heterocycles. The van der Waals surface area contributed by atoms with E-state index in [4.69, 9.17) is 4.74 Å². The van der Waals surface area contributed by atoms with Crippen molar-refractivity contribution in [2.24, 2.45) is 11.8 Å². The zero-order valence-electron chi connectivity index (χ0n) is 18.7.